The summed E-state index contributed by atoms with van der Waals surface area (Å²) in [5.41, 5.74) is -0.106. The SMILES string of the molecule is CCNc1ccc([N+](=O)[O-])c(NC2CCS(=O)(=O)CC2)n1. The molecule has 2 heterocycles. The molecule has 0 saturated carbocycles. The first-order valence-electron chi connectivity index (χ1n) is 6.77. The third-order valence-electron chi connectivity index (χ3n) is 3.32. The number of nitrogens with zero attached hydrogens (tertiary/aromatic N) is 2. The Labute approximate surface area is 123 Å². The molecule has 0 amide bonds. The second-order valence-corrected chi connectivity index (χ2v) is 7.23. The molecular formula is C12H18N4O4S. The summed E-state index contributed by atoms with van der Waals surface area (Å²) in [7, 11) is -2.96. The molecular weight excluding hydrogens is 296 g/mol. The summed E-state index contributed by atoms with van der Waals surface area (Å²) >= 11 is 0. The van der Waals surface area contributed by atoms with Gasteiger partial charge in [0.1, 0.15) is 15.7 Å². The summed E-state index contributed by atoms with van der Waals surface area (Å²) in [5, 5.41) is 17.0. The fourth-order valence-corrected chi connectivity index (χ4v) is 3.70. The average molecular weight is 314 g/mol. The Hall–Kier alpha value is -1.90. The van der Waals surface area contributed by atoms with E-state index in [9.17, 15) is 18.5 Å². The molecule has 1 aromatic heterocycles. The highest BCUT2D eigenvalue weighted by molar-refractivity contribution is 7.91. The normalized spacial score (nSPS) is 18.1. The Morgan fingerprint density at radius 1 is 1.38 bits per heavy atom. The average Bonchev–Trinajstić information content (AvgIpc) is 2.41. The molecule has 1 fully saturated rings. The van der Waals surface area contributed by atoms with E-state index in [-0.39, 0.29) is 29.1 Å². The van der Waals surface area contributed by atoms with Gasteiger partial charge in [-0.3, -0.25) is 10.1 Å². The highest BCUT2D eigenvalue weighted by atomic mass is 32.2. The van der Waals surface area contributed by atoms with E-state index in [4.69, 9.17) is 0 Å². The Bertz CT molecular complexity index is 618. The summed E-state index contributed by atoms with van der Waals surface area (Å²) in [6.45, 7) is 2.56. The predicted octanol–water partition coefficient (Wildman–Crippen LogP) is 1.41. The molecule has 9 heteroatoms. The molecule has 1 aromatic rings. The van der Waals surface area contributed by atoms with Crippen LogP contribution in [0.5, 0.6) is 0 Å². The molecule has 0 bridgehead atoms. The van der Waals surface area contributed by atoms with E-state index in [2.05, 4.69) is 15.6 Å². The molecule has 0 radical (unpaired) electrons. The Kier molecular flexibility index (Phi) is 4.61. The quantitative estimate of drug-likeness (QED) is 0.623. The second-order valence-electron chi connectivity index (χ2n) is 4.92. The number of sulfone groups is 1. The number of nitrogens with one attached hydrogen (secondary N) is 2. The van der Waals surface area contributed by atoms with Crippen LogP contribution in [0.1, 0.15) is 19.8 Å². The maximum Gasteiger partial charge on any atom is 0.311 e. The van der Waals surface area contributed by atoms with Crippen molar-refractivity contribution in [3.8, 4) is 0 Å². The monoisotopic (exact) mass is 314 g/mol. The smallest absolute Gasteiger partial charge is 0.311 e. The maximum atomic E-state index is 11.4. The molecule has 2 rings (SSSR count). The van der Waals surface area contributed by atoms with Gasteiger partial charge in [-0.1, -0.05) is 0 Å². The van der Waals surface area contributed by atoms with Crippen molar-refractivity contribution in [1.82, 2.24) is 4.98 Å². The van der Waals surface area contributed by atoms with Gasteiger partial charge in [-0.15, -0.1) is 0 Å². The van der Waals surface area contributed by atoms with E-state index in [0.717, 1.165) is 0 Å². The van der Waals surface area contributed by atoms with E-state index >= 15 is 0 Å². The number of aromatic nitrogens is 1. The van der Waals surface area contributed by atoms with Crippen molar-refractivity contribution in [3.05, 3.63) is 22.2 Å². The molecule has 1 aliphatic rings. The maximum absolute atomic E-state index is 11.4. The molecule has 0 unspecified atom stereocenters. The van der Waals surface area contributed by atoms with Crippen molar-refractivity contribution >= 4 is 27.2 Å². The topological polar surface area (TPSA) is 114 Å². The van der Waals surface area contributed by atoms with Gasteiger partial charge in [0.05, 0.1) is 16.4 Å². The summed E-state index contributed by atoms with van der Waals surface area (Å²) in [6, 6.07) is 2.84. The minimum Gasteiger partial charge on any atom is -0.370 e. The highest BCUT2D eigenvalue weighted by Gasteiger charge is 2.26. The van der Waals surface area contributed by atoms with Gasteiger partial charge in [0.2, 0.25) is 5.82 Å². The first-order valence-corrected chi connectivity index (χ1v) is 8.59. The van der Waals surface area contributed by atoms with Gasteiger partial charge in [0, 0.05) is 18.7 Å². The molecule has 0 aromatic carbocycles. The molecule has 0 spiro atoms. The Balaban J connectivity index is 2.17. The summed E-state index contributed by atoms with van der Waals surface area (Å²) in [5.74, 6) is 0.938. The number of pyridine rings is 1. The van der Waals surface area contributed by atoms with E-state index in [1.807, 2.05) is 6.92 Å². The zero-order chi connectivity index (χ0) is 15.5. The van der Waals surface area contributed by atoms with Crippen molar-refractivity contribution in [2.45, 2.75) is 25.8 Å². The van der Waals surface area contributed by atoms with Crippen molar-refractivity contribution in [1.29, 1.82) is 0 Å². The summed E-state index contributed by atoms with van der Waals surface area (Å²) in [4.78, 5) is 14.8. The zero-order valence-electron chi connectivity index (χ0n) is 11.7. The van der Waals surface area contributed by atoms with Crippen LogP contribution in [0.15, 0.2) is 12.1 Å². The lowest BCUT2D eigenvalue weighted by Gasteiger charge is -2.23. The number of nitro groups is 1. The van der Waals surface area contributed by atoms with Gasteiger partial charge in [0.15, 0.2) is 0 Å². The van der Waals surface area contributed by atoms with Gasteiger partial charge in [-0.05, 0) is 25.8 Å². The van der Waals surface area contributed by atoms with Gasteiger partial charge in [0.25, 0.3) is 0 Å². The van der Waals surface area contributed by atoms with Crippen LogP contribution in [0.3, 0.4) is 0 Å². The largest absolute Gasteiger partial charge is 0.370 e. The molecule has 8 nitrogen and oxygen atoms in total. The van der Waals surface area contributed by atoms with Crippen LogP contribution in [0.2, 0.25) is 0 Å². The van der Waals surface area contributed by atoms with Crippen LogP contribution in [0, 0.1) is 10.1 Å². The number of hydrogen-bond donors (Lipinski definition) is 2. The van der Waals surface area contributed by atoms with Crippen molar-refractivity contribution in [2.24, 2.45) is 0 Å². The first-order chi connectivity index (χ1) is 9.91. The Morgan fingerprint density at radius 3 is 2.62 bits per heavy atom. The molecule has 1 aliphatic heterocycles. The number of anilines is 2. The molecule has 21 heavy (non-hydrogen) atoms. The van der Waals surface area contributed by atoms with Crippen LogP contribution >= 0.6 is 0 Å². The standard InChI is InChI=1S/C12H18N4O4S/c1-2-13-11-4-3-10(16(17)18)12(15-11)14-9-5-7-21(19,20)8-6-9/h3-4,9H,2,5-8H2,1H3,(H2,13,14,15). The minimum absolute atomic E-state index is 0.103. The zero-order valence-corrected chi connectivity index (χ0v) is 12.5. The Morgan fingerprint density at radius 2 is 2.05 bits per heavy atom. The fourth-order valence-electron chi connectivity index (χ4n) is 2.21. The summed E-state index contributed by atoms with van der Waals surface area (Å²) in [6.07, 6.45) is 0.874. The highest BCUT2D eigenvalue weighted by Crippen LogP contribution is 2.26. The van der Waals surface area contributed by atoms with E-state index in [0.29, 0.717) is 25.2 Å². The van der Waals surface area contributed by atoms with Crippen molar-refractivity contribution in [3.63, 3.8) is 0 Å². The lowest BCUT2D eigenvalue weighted by Crippen LogP contribution is -2.32. The molecule has 116 valence electrons. The van der Waals surface area contributed by atoms with Gasteiger partial charge in [-0.2, -0.15) is 0 Å². The van der Waals surface area contributed by atoms with E-state index in [1.165, 1.54) is 6.07 Å². The van der Waals surface area contributed by atoms with Crippen LogP contribution in [-0.2, 0) is 9.84 Å². The third kappa shape index (κ3) is 4.03. The molecule has 1 saturated heterocycles. The third-order valence-corrected chi connectivity index (χ3v) is 5.04. The van der Waals surface area contributed by atoms with Crippen molar-refractivity contribution in [2.75, 3.05) is 28.7 Å². The van der Waals surface area contributed by atoms with Crippen molar-refractivity contribution < 1.29 is 13.3 Å². The van der Waals surface area contributed by atoms with E-state index in [1.54, 1.807) is 6.07 Å². The van der Waals surface area contributed by atoms with Crippen LogP contribution in [0.4, 0.5) is 17.3 Å². The molecule has 0 aliphatic carbocycles. The fraction of sp³-hybridized carbons (Fsp3) is 0.583. The van der Waals surface area contributed by atoms with Gasteiger partial charge >= 0.3 is 5.69 Å². The van der Waals surface area contributed by atoms with Crippen LogP contribution < -0.4 is 10.6 Å². The predicted molar refractivity (Wildman–Crippen MR) is 80.4 cm³/mol. The number of rotatable bonds is 5. The second kappa shape index (κ2) is 6.25. The van der Waals surface area contributed by atoms with Crippen LogP contribution in [-0.4, -0.2) is 42.4 Å². The van der Waals surface area contributed by atoms with E-state index < -0.39 is 14.8 Å². The molecule has 2 N–H and O–H groups in total. The first kappa shape index (κ1) is 15.5. The minimum atomic E-state index is -2.96. The van der Waals surface area contributed by atoms with Gasteiger partial charge < -0.3 is 10.6 Å². The van der Waals surface area contributed by atoms with Gasteiger partial charge in [-0.25, -0.2) is 13.4 Å². The summed E-state index contributed by atoms with van der Waals surface area (Å²) < 4.78 is 22.8. The number of hydrogen-bond acceptors (Lipinski definition) is 7. The lowest BCUT2D eigenvalue weighted by molar-refractivity contribution is -0.384. The van der Waals surface area contributed by atoms with Crippen LogP contribution in [0.25, 0.3) is 0 Å². The lowest BCUT2D eigenvalue weighted by atomic mass is 10.1. The molecule has 0 atom stereocenters.